The van der Waals surface area contributed by atoms with E-state index in [0.717, 1.165) is 6.26 Å². The molecule has 0 atom stereocenters. The van der Waals surface area contributed by atoms with E-state index < -0.39 is 9.84 Å². The third-order valence-electron chi connectivity index (χ3n) is 2.82. The van der Waals surface area contributed by atoms with Gasteiger partial charge in [-0.05, 0) is 12.1 Å². The van der Waals surface area contributed by atoms with Crippen LogP contribution < -0.4 is 15.2 Å². The minimum atomic E-state index is -3.50. The number of nitrogens with one attached hydrogen (secondary N) is 1. The summed E-state index contributed by atoms with van der Waals surface area (Å²) in [5.41, 5.74) is 6.70. The Morgan fingerprint density at radius 3 is 2.74 bits per heavy atom. The zero-order valence-corrected chi connectivity index (χ0v) is 10.8. The van der Waals surface area contributed by atoms with E-state index in [-0.39, 0.29) is 17.4 Å². The molecule has 19 heavy (non-hydrogen) atoms. The molecule has 2 aromatic rings. The second kappa shape index (κ2) is 3.89. The molecule has 0 bridgehead atoms. The number of H-pyrrole nitrogens is 1. The summed E-state index contributed by atoms with van der Waals surface area (Å²) in [6.07, 6.45) is 2.59. The SMILES string of the molecule is CS(=O)(=O)c1c(-c2cn[nH]c2N)ccc2c1OCO2. The van der Waals surface area contributed by atoms with E-state index in [9.17, 15) is 8.42 Å². The maximum absolute atomic E-state index is 12.0. The van der Waals surface area contributed by atoms with Crippen molar-refractivity contribution in [1.29, 1.82) is 0 Å². The minimum Gasteiger partial charge on any atom is -0.454 e. The Balaban J connectivity index is 2.36. The zero-order chi connectivity index (χ0) is 13.6. The van der Waals surface area contributed by atoms with Crippen LogP contribution in [-0.2, 0) is 9.84 Å². The molecule has 3 N–H and O–H groups in total. The van der Waals surface area contributed by atoms with Crippen molar-refractivity contribution in [1.82, 2.24) is 10.2 Å². The van der Waals surface area contributed by atoms with Crippen LogP contribution >= 0.6 is 0 Å². The predicted molar refractivity (Wildman–Crippen MR) is 67.7 cm³/mol. The van der Waals surface area contributed by atoms with Crippen LogP contribution in [0.2, 0.25) is 0 Å². The first-order valence-electron chi connectivity index (χ1n) is 5.40. The lowest BCUT2D eigenvalue weighted by atomic mass is 10.1. The van der Waals surface area contributed by atoms with Crippen molar-refractivity contribution in [3.8, 4) is 22.6 Å². The molecule has 0 saturated heterocycles. The highest BCUT2D eigenvalue weighted by Gasteiger charge is 2.28. The van der Waals surface area contributed by atoms with Crippen molar-refractivity contribution < 1.29 is 17.9 Å². The van der Waals surface area contributed by atoms with Crippen LogP contribution in [0, 0.1) is 0 Å². The van der Waals surface area contributed by atoms with Crippen LogP contribution in [0.3, 0.4) is 0 Å². The Hall–Kier alpha value is -2.22. The third-order valence-corrected chi connectivity index (χ3v) is 3.97. The van der Waals surface area contributed by atoms with Gasteiger partial charge in [0.25, 0.3) is 0 Å². The van der Waals surface area contributed by atoms with Crippen LogP contribution in [0.1, 0.15) is 0 Å². The van der Waals surface area contributed by atoms with Crippen LogP contribution in [0.15, 0.2) is 23.2 Å². The Bertz CT molecular complexity index is 751. The lowest BCUT2D eigenvalue weighted by Crippen LogP contribution is -2.03. The van der Waals surface area contributed by atoms with Gasteiger partial charge in [0.15, 0.2) is 21.3 Å². The summed E-state index contributed by atoms with van der Waals surface area (Å²) in [6.45, 7) is 0.00216. The number of hydrogen-bond acceptors (Lipinski definition) is 6. The molecular formula is C11H11N3O4S. The molecule has 3 rings (SSSR count). The first-order chi connectivity index (χ1) is 8.98. The van der Waals surface area contributed by atoms with Crippen LogP contribution in [0.25, 0.3) is 11.1 Å². The molecule has 0 saturated carbocycles. The van der Waals surface area contributed by atoms with E-state index in [1.165, 1.54) is 6.20 Å². The van der Waals surface area contributed by atoms with Crippen molar-refractivity contribution in [2.24, 2.45) is 0 Å². The number of ether oxygens (including phenoxy) is 2. The molecule has 2 heterocycles. The number of rotatable bonds is 2. The highest BCUT2D eigenvalue weighted by Crippen LogP contribution is 2.44. The maximum atomic E-state index is 12.0. The number of hydrogen-bond donors (Lipinski definition) is 2. The molecule has 0 fully saturated rings. The summed E-state index contributed by atoms with van der Waals surface area (Å²) in [5.74, 6) is 0.926. The topological polar surface area (TPSA) is 107 Å². The van der Waals surface area contributed by atoms with Gasteiger partial charge >= 0.3 is 0 Å². The molecule has 1 aliphatic rings. The predicted octanol–water partition coefficient (Wildman–Crippen LogP) is 0.791. The molecule has 0 spiro atoms. The summed E-state index contributed by atoms with van der Waals surface area (Å²) in [6, 6.07) is 3.28. The van der Waals surface area contributed by atoms with Crippen molar-refractivity contribution in [2.75, 3.05) is 18.8 Å². The van der Waals surface area contributed by atoms with Crippen LogP contribution in [0.4, 0.5) is 5.82 Å². The Labute approximate surface area is 109 Å². The van der Waals surface area contributed by atoms with E-state index >= 15 is 0 Å². The van der Waals surface area contributed by atoms with E-state index in [4.69, 9.17) is 15.2 Å². The molecule has 1 aliphatic heterocycles. The van der Waals surface area contributed by atoms with Crippen molar-refractivity contribution in [2.45, 2.75) is 4.90 Å². The molecular weight excluding hydrogens is 270 g/mol. The van der Waals surface area contributed by atoms with Gasteiger partial charge in [-0.1, -0.05) is 0 Å². The van der Waals surface area contributed by atoms with Crippen molar-refractivity contribution in [3.05, 3.63) is 18.3 Å². The molecule has 0 amide bonds. The number of nitrogens with zero attached hydrogens (tertiary/aromatic N) is 1. The number of sulfone groups is 1. The monoisotopic (exact) mass is 281 g/mol. The van der Waals surface area contributed by atoms with Crippen LogP contribution in [-0.4, -0.2) is 31.7 Å². The number of nitrogen functional groups attached to an aromatic ring is 1. The fourth-order valence-electron chi connectivity index (χ4n) is 2.04. The zero-order valence-electron chi connectivity index (χ0n) is 10.0. The number of fused-ring (bicyclic) bond motifs is 1. The average molecular weight is 281 g/mol. The lowest BCUT2D eigenvalue weighted by molar-refractivity contribution is 0.172. The number of aromatic nitrogens is 2. The smallest absolute Gasteiger partial charge is 0.231 e. The van der Waals surface area contributed by atoms with E-state index in [1.54, 1.807) is 12.1 Å². The van der Waals surface area contributed by atoms with Gasteiger partial charge in [0, 0.05) is 17.4 Å². The Kier molecular flexibility index (Phi) is 2.42. The summed E-state index contributed by atoms with van der Waals surface area (Å²) in [5, 5.41) is 6.37. The number of nitrogens with two attached hydrogens (primary N) is 1. The lowest BCUT2D eigenvalue weighted by Gasteiger charge is -2.10. The first kappa shape index (κ1) is 11.8. The second-order valence-corrected chi connectivity index (χ2v) is 6.10. The van der Waals surface area contributed by atoms with E-state index in [2.05, 4.69) is 10.2 Å². The molecule has 1 aromatic heterocycles. The summed E-state index contributed by atoms with van der Waals surface area (Å²) >= 11 is 0. The minimum absolute atomic E-state index is 0.00216. The van der Waals surface area contributed by atoms with Gasteiger partial charge in [0.1, 0.15) is 10.7 Å². The first-order valence-corrected chi connectivity index (χ1v) is 7.29. The fourth-order valence-corrected chi connectivity index (χ4v) is 3.11. The molecule has 0 aliphatic carbocycles. The summed E-state index contributed by atoms with van der Waals surface area (Å²) in [7, 11) is -3.50. The molecule has 1 aromatic carbocycles. The third kappa shape index (κ3) is 1.80. The average Bonchev–Trinajstić information content (AvgIpc) is 2.93. The Morgan fingerprint density at radius 2 is 2.11 bits per heavy atom. The fraction of sp³-hybridized carbons (Fsp3) is 0.182. The largest absolute Gasteiger partial charge is 0.454 e. The van der Waals surface area contributed by atoms with E-state index in [1.807, 2.05) is 0 Å². The van der Waals surface area contributed by atoms with Gasteiger partial charge in [-0.3, -0.25) is 5.10 Å². The van der Waals surface area contributed by atoms with E-state index in [0.29, 0.717) is 22.7 Å². The summed E-state index contributed by atoms with van der Waals surface area (Å²) < 4.78 is 34.5. The van der Waals surface area contributed by atoms with Gasteiger partial charge in [0.2, 0.25) is 6.79 Å². The van der Waals surface area contributed by atoms with Gasteiger partial charge in [-0.2, -0.15) is 5.10 Å². The Morgan fingerprint density at radius 1 is 1.32 bits per heavy atom. The number of anilines is 1. The van der Waals surface area contributed by atoms with Crippen LogP contribution in [0.5, 0.6) is 11.5 Å². The van der Waals surface area contributed by atoms with Gasteiger partial charge in [-0.15, -0.1) is 0 Å². The van der Waals surface area contributed by atoms with Gasteiger partial charge in [0.05, 0.1) is 6.20 Å². The molecule has 100 valence electrons. The molecule has 7 nitrogen and oxygen atoms in total. The normalized spacial score (nSPS) is 13.7. The summed E-state index contributed by atoms with van der Waals surface area (Å²) in [4.78, 5) is 0.0654. The van der Waals surface area contributed by atoms with Gasteiger partial charge < -0.3 is 15.2 Å². The second-order valence-electron chi connectivity index (χ2n) is 4.15. The van der Waals surface area contributed by atoms with Crippen molar-refractivity contribution in [3.63, 3.8) is 0 Å². The molecule has 8 heteroatoms. The quantitative estimate of drug-likeness (QED) is 0.842. The maximum Gasteiger partial charge on any atom is 0.231 e. The number of aromatic amines is 1. The highest BCUT2D eigenvalue weighted by molar-refractivity contribution is 7.91. The highest BCUT2D eigenvalue weighted by atomic mass is 32.2. The molecule has 0 unspecified atom stereocenters. The number of benzene rings is 1. The van der Waals surface area contributed by atoms with Crippen molar-refractivity contribution >= 4 is 15.7 Å². The standard InChI is InChI=1S/C11H11N3O4S/c1-19(15,16)10-6(7-4-13-14-11(7)12)2-3-8-9(10)18-5-17-8/h2-4H,5H2,1H3,(H3,12,13,14). The van der Waals surface area contributed by atoms with Gasteiger partial charge in [-0.25, -0.2) is 8.42 Å². The molecule has 0 radical (unpaired) electrons.